The normalized spacial score (nSPS) is 18.6. The minimum atomic E-state index is -1.43. The second-order valence-electron chi connectivity index (χ2n) is 6.59. The number of nitrogens with one attached hydrogen (secondary N) is 1. The zero-order chi connectivity index (χ0) is 19.1. The number of hydrogen-bond acceptors (Lipinski definition) is 4. The van der Waals surface area contributed by atoms with E-state index in [4.69, 9.17) is 0 Å². The van der Waals surface area contributed by atoms with Gasteiger partial charge in [-0.1, -0.05) is 72.8 Å². The fourth-order valence-electron chi connectivity index (χ4n) is 3.11. The van der Waals surface area contributed by atoms with Crippen molar-refractivity contribution in [1.29, 1.82) is 0 Å². The molecule has 2 aromatic rings. The number of anilines is 1. The van der Waals surface area contributed by atoms with Crippen molar-refractivity contribution in [3.05, 3.63) is 102 Å². The summed E-state index contributed by atoms with van der Waals surface area (Å²) in [6.45, 7) is 0. The Morgan fingerprint density at radius 2 is 1.81 bits per heavy atom. The molecule has 0 spiro atoms. The van der Waals surface area contributed by atoms with Crippen molar-refractivity contribution < 1.29 is 14.8 Å². The Bertz CT molecular complexity index is 874. The lowest BCUT2D eigenvalue weighted by atomic mass is 9.53. The predicted molar refractivity (Wildman–Crippen MR) is 109 cm³/mol. The first-order chi connectivity index (χ1) is 13.1. The summed E-state index contributed by atoms with van der Waals surface area (Å²) < 4.78 is 0. The standard InChI is InChI=1S/C22H22BNO3/c25-21(18-10-3-1-4-11-18)19-12-5-6-13-20(19)24-17-9-16-22(23(26)27)14-7-2-8-15-22/h1-14,17,24,26-27H,15-16H2. The largest absolute Gasteiger partial charge is 0.462 e. The Balaban J connectivity index is 1.72. The Hall–Kier alpha value is -2.89. The molecular weight excluding hydrogens is 337 g/mol. The molecule has 1 unspecified atom stereocenters. The molecule has 0 bridgehead atoms. The smallest absolute Gasteiger partial charge is 0.426 e. The molecule has 1 aliphatic rings. The maximum absolute atomic E-state index is 12.7. The molecule has 0 amide bonds. The van der Waals surface area contributed by atoms with Gasteiger partial charge in [0.25, 0.3) is 0 Å². The fraction of sp³-hybridized carbons (Fsp3) is 0.136. The lowest BCUT2D eigenvalue weighted by Crippen LogP contribution is -2.31. The van der Waals surface area contributed by atoms with Crippen LogP contribution in [-0.4, -0.2) is 22.9 Å². The van der Waals surface area contributed by atoms with Gasteiger partial charge in [0, 0.05) is 22.1 Å². The van der Waals surface area contributed by atoms with Crippen molar-refractivity contribution in [1.82, 2.24) is 0 Å². The van der Waals surface area contributed by atoms with Crippen LogP contribution in [-0.2, 0) is 0 Å². The molecule has 0 aromatic heterocycles. The highest BCUT2D eigenvalue weighted by Crippen LogP contribution is 2.41. The van der Waals surface area contributed by atoms with E-state index in [-0.39, 0.29) is 5.78 Å². The minimum absolute atomic E-state index is 0.0466. The van der Waals surface area contributed by atoms with Crippen LogP contribution in [0.25, 0.3) is 0 Å². The summed E-state index contributed by atoms with van der Waals surface area (Å²) in [6, 6.07) is 16.5. The van der Waals surface area contributed by atoms with Crippen LogP contribution in [0, 0.1) is 0 Å². The van der Waals surface area contributed by atoms with E-state index in [2.05, 4.69) is 5.32 Å². The van der Waals surface area contributed by atoms with Crippen LogP contribution in [0.1, 0.15) is 28.8 Å². The van der Waals surface area contributed by atoms with Crippen LogP contribution in [0.3, 0.4) is 0 Å². The Kier molecular flexibility index (Phi) is 6.06. The molecule has 4 nitrogen and oxygen atoms in total. The molecule has 1 atom stereocenters. The van der Waals surface area contributed by atoms with Gasteiger partial charge in [0.05, 0.1) is 0 Å². The Labute approximate surface area is 159 Å². The van der Waals surface area contributed by atoms with Crippen LogP contribution < -0.4 is 5.32 Å². The van der Waals surface area contributed by atoms with Crippen LogP contribution in [0.2, 0.25) is 5.31 Å². The van der Waals surface area contributed by atoms with Crippen LogP contribution >= 0.6 is 0 Å². The number of allylic oxidation sites excluding steroid dienone is 5. The minimum Gasteiger partial charge on any atom is -0.426 e. The van der Waals surface area contributed by atoms with Gasteiger partial charge in [-0.2, -0.15) is 0 Å². The summed E-state index contributed by atoms with van der Waals surface area (Å²) in [7, 11) is -1.43. The molecule has 0 saturated carbocycles. The second-order valence-corrected chi connectivity index (χ2v) is 6.59. The summed E-state index contributed by atoms with van der Waals surface area (Å²) in [5, 5.41) is 22.0. The van der Waals surface area contributed by atoms with Crippen LogP contribution in [0.5, 0.6) is 0 Å². The maximum Gasteiger partial charge on any atom is 0.462 e. The van der Waals surface area contributed by atoms with E-state index in [1.807, 2.05) is 66.8 Å². The molecule has 3 rings (SSSR count). The molecule has 5 heteroatoms. The zero-order valence-electron chi connectivity index (χ0n) is 15.0. The number of hydrogen-bond donors (Lipinski definition) is 3. The number of rotatable bonds is 7. The maximum atomic E-state index is 12.7. The number of carbonyl (C=O) groups excluding carboxylic acids is 1. The molecule has 0 aliphatic heterocycles. The van der Waals surface area contributed by atoms with Gasteiger partial charge in [-0.05, 0) is 31.2 Å². The van der Waals surface area contributed by atoms with Crippen molar-refractivity contribution in [3.63, 3.8) is 0 Å². The molecule has 136 valence electrons. The molecule has 0 heterocycles. The average molecular weight is 359 g/mol. The van der Waals surface area contributed by atoms with Gasteiger partial charge in [0.2, 0.25) is 0 Å². The third-order valence-electron chi connectivity index (χ3n) is 4.75. The van der Waals surface area contributed by atoms with E-state index in [0.717, 1.165) is 0 Å². The molecule has 3 N–H and O–H groups in total. The van der Waals surface area contributed by atoms with E-state index in [1.54, 1.807) is 24.4 Å². The topological polar surface area (TPSA) is 69.6 Å². The van der Waals surface area contributed by atoms with Gasteiger partial charge in [-0.25, -0.2) is 0 Å². The summed E-state index contributed by atoms with van der Waals surface area (Å²) in [5.41, 5.74) is 1.93. The van der Waals surface area contributed by atoms with Crippen LogP contribution in [0.4, 0.5) is 5.69 Å². The number of para-hydroxylation sites is 1. The van der Waals surface area contributed by atoms with E-state index in [9.17, 15) is 14.8 Å². The zero-order valence-corrected chi connectivity index (χ0v) is 15.0. The number of benzene rings is 2. The fourth-order valence-corrected chi connectivity index (χ4v) is 3.11. The van der Waals surface area contributed by atoms with Gasteiger partial charge >= 0.3 is 7.12 Å². The molecule has 0 fully saturated rings. The van der Waals surface area contributed by atoms with Gasteiger partial charge in [-0.15, -0.1) is 0 Å². The highest BCUT2D eigenvalue weighted by atomic mass is 16.4. The van der Waals surface area contributed by atoms with Crippen molar-refractivity contribution in [2.45, 2.75) is 18.2 Å². The quantitative estimate of drug-likeness (QED) is 0.517. The third-order valence-corrected chi connectivity index (χ3v) is 4.75. The number of carbonyl (C=O) groups is 1. The Morgan fingerprint density at radius 1 is 1.07 bits per heavy atom. The average Bonchev–Trinajstić information content (AvgIpc) is 2.72. The predicted octanol–water partition coefficient (Wildman–Crippen LogP) is 3.96. The molecule has 0 saturated heterocycles. The highest BCUT2D eigenvalue weighted by molar-refractivity contribution is 6.46. The third kappa shape index (κ3) is 4.45. The van der Waals surface area contributed by atoms with E-state index < -0.39 is 12.4 Å². The van der Waals surface area contributed by atoms with Gasteiger partial charge in [0.15, 0.2) is 5.78 Å². The van der Waals surface area contributed by atoms with E-state index >= 15 is 0 Å². The highest BCUT2D eigenvalue weighted by Gasteiger charge is 2.38. The molecule has 2 aromatic carbocycles. The first-order valence-corrected chi connectivity index (χ1v) is 8.93. The summed E-state index contributed by atoms with van der Waals surface area (Å²) in [4.78, 5) is 12.7. The van der Waals surface area contributed by atoms with E-state index in [1.165, 1.54) is 0 Å². The summed E-state index contributed by atoms with van der Waals surface area (Å²) in [6.07, 6.45) is 12.1. The molecule has 1 aliphatic carbocycles. The van der Waals surface area contributed by atoms with Crippen molar-refractivity contribution in [3.8, 4) is 0 Å². The van der Waals surface area contributed by atoms with Crippen LogP contribution in [0.15, 0.2) is 91.2 Å². The Morgan fingerprint density at radius 3 is 2.52 bits per heavy atom. The molecular formula is C22H22BNO3. The number of ketones is 1. The first-order valence-electron chi connectivity index (χ1n) is 8.93. The molecule has 0 radical (unpaired) electrons. The first kappa shape index (κ1) is 18.9. The lowest BCUT2D eigenvalue weighted by molar-refractivity contribution is 0.103. The summed E-state index contributed by atoms with van der Waals surface area (Å²) in [5.74, 6) is -0.0466. The van der Waals surface area contributed by atoms with E-state index in [0.29, 0.717) is 29.7 Å². The van der Waals surface area contributed by atoms with Crippen molar-refractivity contribution in [2.75, 3.05) is 5.32 Å². The van der Waals surface area contributed by atoms with Gasteiger partial charge < -0.3 is 15.4 Å². The lowest BCUT2D eigenvalue weighted by Gasteiger charge is -2.28. The van der Waals surface area contributed by atoms with Crippen molar-refractivity contribution >= 4 is 18.6 Å². The van der Waals surface area contributed by atoms with Gasteiger partial charge in [0.1, 0.15) is 0 Å². The second kappa shape index (κ2) is 8.67. The van der Waals surface area contributed by atoms with Gasteiger partial charge in [-0.3, -0.25) is 4.79 Å². The SMILES string of the molecule is O=C(c1ccccc1)c1ccccc1NC=CCC1(B(O)O)C=CC=CC1. The monoisotopic (exact) mass is 359 g/mol. The molecule has 27 heavy (non-hydrogen) atoms. The van der Waals surface area contributed by atoms with Crippen molar-refractivity contribution in [2.24, 2.45) is 0 Å². The summed E-state index contributed by atoms with van der Waals surface area (Å²) >= 11 is 0.